The van der Waals surface area contributed by atoms with Gasteiger partial charge in [0.15, 0.2) is 0 Å². The molecule has 6 nitrogen and oxygen atoms in total. The van der Waals surface area contributed by atoms with Gasteiger partial charge in [-0.1, -0.05) is 0 Å². The summed E-state index contributed by atoms with van der Waals surface area (Å²) in [6.07, 6.45) is 4.37. The highest BCUT2D eigenvalue weighted by atomic mass is 32.2. The number of nitrogens with one attached hydrogen (secondary N) is 1. The summed E-state index contributed by atoms with van der Waals surface area (Å²) in [5.74, 6) is 0. The first-order valence-electron chi connectivity index (χ1n) is 5.81. The van der Waals surface area contributed by atoms with E-state index in [1.807, 2.05) is 6.07 Å². The van der Waals surface area contributed by atoms with Crippen LogP contribution in [0.5, 0.6) is 0 Å². The number of nitrogens with zero attached hydrogens (tertiary/aromatic N) is 3. The second-order valence-electron chi connectivity index (χ2n) is 4.11. The number of aromatic nitrogens is 2. The lowest BCUT2D eigenvalue weighted by Crippen LogP contribution is -2.27. The Morgan fingerprint density at radius 3 is 2.50 bits per heavy atom. The molecule has 20 heavy (non-hydrogen) atoms. The molecular formula is C13H12N4O2S. The maximum Gasteiger partial charge on any atom is 0.242 e. The van der Waals surface area contributed by atoms with Gasteiger partial charge in [0.2, 0.25) is 10.0 Å². The summed E-state index contributed by atoms with van der Waals surface area (Å²) in [6.45, 7) is 1.74. The zero-order valence-electron chi connectivity index (χ0n) is 10.7. The van der Waals surface area contributed by atoms with Crippen molar-refractivity contribution in [2.45, 2.75) is 17.9 Å². The molecule has 0 aromatic carbocycles. The minimum Gasteiger partial charge on any atom is -0.265 e. The van der Waals surface area contributed by atoms with Gasteiger partial charge < -0.3 is 0 Å². The van der Waals surface area contributed by atoms with Crippen LogP contribution >= 0.6 is 0 Å². The molecule has 0 amide bonds. The largest absolute Gasteiger partial charge is 0.265 e. The van der Waals surface area contributed by atoms with Gasteiger partial charge in [-0.2, -0.15) is 5.26 Å². The number of rotatable bonds is 4. The highest BCUT2D eigenvalue weighted by molar-refractivity contribution is 7.89. The fourth-order valence-electron chi connectivity index (χ4n) is 1.63. The Hall–Kier alpha value is -2.30. The Balaban J connectivity index is 2.21. The van der Waals surface area contributed by atoms with Crippen molar-refractivity contribution in [1.29, 1.82) is 5.26 Å². The molecule has 2 rings (SSSR count). The molecule has 0 aliphatic rings. The van der Waals surface area contributed by atoms with E-state index in [9.17, 15) is 8.42 Å². The van der Waals surface area contributed by atoms with Crippen molar-refractivity contribution in [3.05, 3.63) is 54.1 Å². The van der Waals surface area contributed by atoms with Gasteiger partial charge in [0.05, 0.1) is 0 Å². The van der Waals surface area contributed by atoms with Gasteiger partial charge in [0.25, 0.3) is 0 Å². The lowest BCUT2D eigenvalue weighted by Gasteiger charge is -2.14. The average molecular weight is 288 g/mol. The number of hydrogen-bond donors (Lipinski definition) is 1. The fraction of sp³-hybridized carbons (Fsp3) is 0.154. The quantitative estimate of drug-likeness (QED) is 0.917. The minimum absolute atomic E-state index is 0.0254. The van der Waals surface area contributed by atoms with E-state index >= 15 is 0 Å². The smallest absolute Gasteiger partial charge is 0.242 e. The maximum atomic E-state index is 12.2. The van der Waals surface area contributed by atoms with Gasteiger partial charge >= 0.3 is 0 Å². The van der Waals surface area contributed by atoms with Crippen molar-refractivity contribution in [3.63, 3.8) is 0 Å². The minimum atomic E-state index is -3.67. The van der Waals surface area contributed by atoms with E-state index in [-0.39, 0.29) is 10.6 Å². The Morgan fingerprint density at radius 1 is 1.25 bits per heavy atom. The average Bonchev–Trinajstić information content (AvgIpc) is 2.48. The number of hydrogen-bond acceptors (Lipinski definition) is 5. The molecule has 1 atom stereocenters. The molecule has 102 valence electrons. The highest BCUT2D eigenvalue weighted by Crippen LogP contribution is 2.15. The second-order valence-corrected chi connectivity index (χ2v) is 5.83. The molecule has 1 unspecified atom stereocenters. The standard InChI is InChI=1S/C13H12N4O2S/c1-10(11-4-6-15-7-5-11)17-20(18,19)13-3-2-12(8-14)16-9-13/h2-7,9-10,17H,1H3. The highest BCUT2D eigenvalue weighted by Gasteiger charge is 2.18. The third-order valence-electron chi connectivity index (χ3n) is 2.70. The van der Waals surface area contributed by atoms with Crippen LogP contribution < -0.4 is 4.72 Å². The van der Waals surface area contributed by atoms with Crippen molar-refractivity contribution >= 4 is 10.0 Å². The fourth-order valence-corrected chi connectivity index (χ4v) is 2.80. The van der Waals surface area contributed by atoms with Crippen molar-refractivity contribution in [1.82, 2.24) is 14.7 Å². The molecule has 0 bridgehead atoms. The van der Waals surface area contributed by atoms with Crippen LogP contribution in [0.4, 0.5) is 0 Å². The molecule has 0 aliphatic carbocycles. The molecular weight excluding hydrogens is 276 g/mol. The zero-order chi connectivity index (χ0) is 14.6. The van der Waals surface area contributed by atoms with Gasteiger partial charge in [-0.25, -0.2) is 18.1 Å². The molecule has 0 aliphatic heterocycles. The van der Waals surface area contributed by atoms with Crippen LogP contribution in [0.2, 0.25) is 0 Å². The molecule has 0 radical (unpaired) electrons. The van der Waals surface area contributed by atoms with E-state index in [2.05, 4.69) is 14.7 Å². The van der Waals surface area contributed by atoms with E-state index in [0.717, 1.165) is 5.56 Å². The molecule has 0 saturated carbocycles. The second kappa shape index (κ2) is 5.77. The van der Waals surface area contributed by atoms with E-state index in [1.165, 1.54) is 18.3 Å². The van der Waals surface area contributed by atoms with Crippen LogP contribution in [0.15, 0.2) is 47.8 Å². The van der Waals surface area contributed by atoms with E-state index in [0.29, 0.717) is 0 Å². The van der Waals surface area contributed by atoms with Crippen molar-refractivity contribution in [2.75, 3.05) is 0 Å². The van der Waals surface area contributed by atoms with Gasteiger partial charge in [0, 0.05) is 24.6 Å². The predicted molar refractivity (Wildman–Crippen MR) is 71.9 cm³/mol. The van der Waals surface area contributed by atoms with Crippen LogP contribution in [0.25, 0.3) is 0 Å². The van der Waals surface area contributed by atoms with Crippen LogP contribution in [-0.4, -0.2) is 18.4 Å². The van der Waals surface area contributed by atoms with E-state index < -0.39 is 16.1 Å². The van der Waals surface area contributed by atoms with Gasteiger partial charge in [-0.15, -0.1) is 0 Å². The Bertz CT molecular complexity index is 721. The Labute approximate surface area is 117 Å². The molecule has 0 saturated heterocycles. The number of nitriles is 1. The summed E-state index contributed by atoms with van der Waals surface area (Å²) >= 11 is 0. The molecule has 0 spiro atoms. The monoisotopic (exact) mass is 288 g/mol. The topological polar surface area (TPSA) is 95.7 Å². The van der Waals surface area contributed by atoms with Crippen molar-refractivity contribution in [2.24, 2.45) is 0 Å². The van der Waals surface area contributed by atoms with Crippen molar-refractivity contribution < 1.29 is 8.42 Å². The predicted octanol–water partition coefficient (Wildman–Crippen LogP) is 1.39. The summed E-state index contributed by atoms with van der Waals surface area (Å²) in [4.78, 5) is 7.66. The molecule has 7 heteroatoms. The van der Waals surface area contributed by atoms with Gasteiger partial charge in [-0.05, 0) is 36.8 Å². The van der Waals surface area contributed by atoms with Crippen molar-refractivity contribution in [3.8, 4) is 6.07 Å². The third-order valence-corrected chi connectivity index (χ3v) is 4.23. The lowest BCUT2D eigenvalue weighted by molar-refractivity contribution is 0.566. The number of pyridine rings is 2. The summed E-state index contributed by atoms with van der Waals surface area (Å²) < 4.78 is 26.9. The van der Waals surface area contributed by atoms with Gasteiger partial charge in [-0.3, -0.25) is 4.98 Å². The summed E-state index contributed by atoms with van der Waals surface area (Å²) in [5, 5.41) is 8.64. The Morgan fingerprint density at radius 2 is 1.95 bits per heavy atom. The molecule has 1 N–H and O–H groups in total. The SMILES string of the molecule is CC(NS(=O)(=O)c1ccc(C#N)nc1)c1ccncc1. The Kier molecular flexibility index (Phi) is 4.08. The van der Waals surface area contributed by atoms with E-state index in [1.54, 1.807) is 31.5 Å². The summed E-state index contributed by atoms with van der Waals surface area (Å²) in [7, 11) is -3.67. The molecule has 2 aromatic heterocycles. The molecule has 2 heterocycles. The van der Waals surface area contributed by atoms with Crippen LogP contribution in [0.3, 0.4) is 0 Å². The normalized spacial score (nSPS) is 12.6. The molecule has 0 fully saturated rings. The van der Waals surface area contributed by atoms with Gasteiger partial charge in [0.1, 0.15) is 16.7 Å². The van der Waals surface area contributed by atoms with Crippen LogP contribution in [0, 0.1) is 11.3 Å². The third kappa shape index (κ3) is 3.17. The van der Waals surface area contributed by atoms with Crippen LogP contribution in [-0.2, 0) is 10.0 Å². The summed E-state index contributed by atoms with van der Waals surface area (Å²) in [5.41, 5.74) is 0.983. The first kappa shape index (κ1) is 14.1. The maximum absolute atomic E-state index is 12.2. The number of sulfonamides is 1. The zero-order valence-corrected chi connectivity index (χ0v) is 11.5. The molecule has 2 aromatic rings. The van der Waals surface area contributed by atoms with Crippen LogP contribution in [0.1, 0.15) is 24.2 Å². The first-order valence-corrected chi connectivity index (χ1v) is 7.29. The summed E-state index contributed by atoms with van der Waals surface area (Å²) in [6, 6.07) is 7.65. The lowest BCUT2D eigenvalue weighted by atomic mass is 10.1. The van der Waals surface area contributed by atoms with E-state index in [4.69, 9.17) is 5.26 Å². The first-order chi connectivity index (χ1) is 9.53.